The van der Waals surface area contributed by atoms with E-state index in [9.17, 15) is 0 Å². The normalized spacial score (nSPS) is 10.6. The minimum Gasteiger partial charge on any atom is -0.399 e. The maximum absolute atomic E-state index is 5.75. The smallest absolute Gasteiger partial charge is 0.0662 e. The summed E-state index contributed by atoms with van der Waals surface area (Å²) in [6, 6.07) is 7.80. The summed E-state index contributed by atoms with van der Waals surface area (Å²) in [5.74, 6) is 0. The third-order valence-corrected chi connectivity index (χ3v) is 2.52. The lowest BCUT2D eigenvalue weighted by Gasteiger charge is -2.01. The molecule has 0 spiro atoms. The van der Waals surface area contributed by atoms with E-state index in [-0.39, 0.29) is 0 Å². The highest BCUT2D eigenvalue weighted by Gasteiger charge is 2.01. The average molecular weight is 231 g/mol. The Hall–Kier alpha value is -1.81. The van der Waals surface area contributed by atoms with E-state index in [1.807, 2.05) is 48.3 Å². The molecule has 90 valence electrons. The number of rotatable bonds is 5. The molecule has 2 aromatic rings. The van der Waals surface area contributed by atoms with Gasteiger partial charge in [0.1, 0.15) is 0 Å². The van der Waals surface area contributed by atoms with Crippen LogP contribution in [0.2, 0.25) is 0 Å². The van der Waals surface area contributed by atoms with Crippen molar-refractivity contribution in [2.24, 2.45) is 0 Å². The number of hydrogen-bond acceptors (Lipinski definition) is 3. The van der Waals surface area contributed by atoms with Crippen LogP contribution in [0.5, 0.6) is 0 Å². The second kappa shape index (κ2) is 5.50. The molecule has 0 aliphatic carbocycles. The summed E-state index contributed by atoms with van der Waals surface area (Å²) in [7, 11) is 0. The lowest BCUT2D eigenvalue weighted by Crippen LogP contribution is -2.05. The number of benzene rings is 1. The molecular formula is C13H17N3O. The van der Waals surface area contributed by atoms with Crippen LogP contribution in [0.25, 0.3) is 11.1 Å². The molecule has 0 aliphatic rings. The Balaban J connectivity index is 2.07. The summed E-state index contributed by atoms with van der Waals surface area (Å²) in [6.45, 7) is 4.19. The molecule has 1 aromatic carbocycles. The molecule has 0 amide bonds. The van der Waals surface area contributed by atoms with Crippen molar-refractivity contribution in [2.75, 3.05) is 18.9 Å². The Labute approximate surface area is 101 Å². The van der Waals surface area contributed by atoms with Crippen molar-refractivity contribution in [3.8, 4) is 11.1 Å². The van der Waals surface area contributed by atoms with Gasteiger partial charge in [0.05, 0.1) is 19.3 Å². The summed E-state index contributed by atoms with van der Waals surface area (Å²) in [5, 5.41) is 4.29. The fourth-order valence-electron chi connectivity index (χ4n) is 1.66. The van der Waals surface area contributed by atoms with E-state index in [0.717, 1.165) is 30.0 Å². The third-order valence-electron chi connectivity index (χ3n) is 2.52. The Morgan fingerprint density at radius 1 is 1.35 bits per heavy atom. The first-order chi connectivity index (χ1) is 8.29. The molecule has 4 heteroatoms. The molecule has 0 fully saturated rings. The Morgan fingerprint density at radius 2 is 2.24 bits per heavy atom. The summed E-state index contributed by atoms with van der Waals surface area (Å²) in [5.41, 5.74) is 8.69. The van der Waals surface area contributed by atoms with E-state index >= 15 is 0 Å². The van der Waals surface area contributed by atoms with Gasteiger partial charge in [0.25, 0.3) is 0 Å². The molecule has 0 radical (unpaired) electrons. The standard InChI is InChI=1S/C13H17N3O/c1-2-17-7-6-16-10-12(9-15-16)11-4-3-5-13(14)8-11/h3-5,8-10H,2,6-7,14H2,1H3. The molecule has 4 nitrogen and oxygen atoms in total. The van der Waals surface area contributed by atoms with Gasteiger partial charge in [-0.1, -0.05) is 12.1 Å². The topological polar surface area (TPSA) is 53.1 Å². The van der Waals surface area contributed by atoms with Crippen LogP contribution in [0, 0.1) is 0 Å². The summed E-state index contributed by atoms with van der Waals surface area (Å²) in [4.78, 5) is 0. The van der Waals surface area contributed by atoms with Crippen molar-refractivity contribution in [3.05, 3.63) is 36.7 Å². The van der Waals surface area contributed by atoms with Crippen LogP contribution < -0.4 is 5.73 Å². The number of nitrogen functional groups attached to an aromatic ring is 1. The zero-order valence-corrected chi connectivity index (χ0v) is 9.97. The summed E-state index contributed by atoms with van der Waals surface area (Å²) in [6.07, 6.45) is 3.86. The van der Waals surface area contributed by atoms with Crippen LogP contribution in [0.4, 0.5) is 5.69 Å². The molecule has 2 rings (SSSR count). The Morgan fingerprint density at radius 3 is 3.00 bits per heavy atom. The zero-order valence-electron chi connectivity index (χ0n) is 9.97. The largest absolute Gasteiger partial charge is 0.399 e. The van der Waals surface area contributed by atoms with Crippen molar-refractivity contribution in [3.63, 3.8) is 0 Å². The Kier molecular flexibility index (Phi) is 3.77. The fraction of sp³-hybridized carbons (Fsp3) is 0.308. The maximum atomic E-state index is 5.75. The molecule has 0 unspecified atom stereocenters. The molecule has 0 bridgehead atoms. The number of aromatic nitrogens is 2. The highest BCUT2D eigenvalue weighted by Crippen LogP contribution is 2.20. The first-order valence-electron chi connectivity index (χ1n) is 5.75. The molecule has 17 heavy (non-hydrogen) atoms. The minimum absolute atomic E-state index is 0.689. The van der Waals surface area contributed by atoms with Gasteiger partial charge in [-0.05, 0) is 24.6 Å². The molecule has 1 aromatic heterocycles. The molecule has 0 atom stereocenters. The predicted molar refractivity (Wildman–Crippen MR) is 68.6 cm³/mol. The van der Waals surface area contributed by atoms with Gasteiger partial charge in [-0.25, -0.2) is 0 Å². The van der Waals surface area contributed by atoms with E-state index in [2.05, 4.69) is 5.10 Å². The molecular weight excluding hydrogens is 214 g/mol. The molecule has 1 heterocycles. The van der Waals surface area contributed by atoms with Gasteiger partial charge >= 0.3 is 0 Å². The first-order valence-corrected chi connectivity index (χ1v) is 5.75. The van der Waals surface area contributed by atoms with Crippen LogP contribution in [0.1, 0.15) is 6.92 Å². The Bertz CT molecular complexity index is 479. The van der Waals surface area contributed by atoms with Crippen molar-refractivity contribution >= 4 is 5.69 Å². The van der Waals surface area contributed by atoms with Crippen LogP contribution in [0.3, 0.4) is 0 Å². The second-order valence-corrected chi connectivity index (χ2v) is 3.81. The fourth-order valence-corrected chi connectivity index (χ4v) is 1.66. The van der Waals surface area contributed by atoms with Crippen molar-refractivity contribution in [2.45, 2.75) is 13.5 Å². The number of nitrogens with two attached hydrogens (primary N) is 1. The van der Waals surface area contributed by atoms with Crippen LogP contribution in [-0.2, 0) is 11.3 Å². The monoisotopic (exact) mass is 231 g/mol. The van der Waals surface area contributed by atoms with Gasteiger partial charge in [-0.3, -0.25) is 4.68 Å². The molecule has 2 N–H and O–H groups in total. The summed E-state index contributed by atoms with van der Waals surface area (Å²) < 4.78 is 7.17. The van der Waals surface area contributed by atoms with E-state index in [4.69, 9.17) is 10.5 Å². The van der Waals surface area contributed by atoms with Gasteiger partial charge in [0.15, 0.2) is 0 Å². The quantitative estimate of drug-likeness (QED) is 0.633. The lowest BCUT2D eigenvalue weighted by atomic mass is 10.1. The van der Waals surface area contributed by atoms with E-state index in [1.165, 1.54) is 0 Å². The van der Waals surface area contributed by atoms with Crippen molar-refractivity contribution < 1.29 is 4.74 Å². The zero-order chi connectivity index (χ0) is 12.1. The van der Waals surface area contributed by atoms with Crippen LogP contribution in [-0.4, -0.2) is 23.0 Å². The van der Waals surface area contributed by atoms with Crippen molar-refractivity contribution in [1.29, 1.82) is 0 Å². The van der Waals surface area contributed by atoms with Gasteiger partial charge in [-0.2, -0.15) is 5.10 Å². The van der Waals surface area contributed by atoms with E-state index < -0.39 is 0 Å². The van der Waals surface area contributed by atoms with Crippen LogP contribution in [0.15, 0.2) is 36.7 Å². The minimum atomic E-state index is 0.689. The predicted octanol–water partition coefficient (Wildman–Crippen LogP) is 2.17. The average Bonchev–Trinajstić information content (AvgIpc) is 2.78. The second-order valence-electron chi connectivity index (χ2n) is 3.81. The van der Waals surface area contributed by atoms with Gasteiger partial charge in [-0.15, -0.1) is 0 Å². The number of ether oxygens (including phenoxy) is 1. The van der Waals surface area contributed by atoms with Crippen LogP contribution >= 0.6 is 0 Å². The summed E-state index contributed by atoms with van der Waals surface area (Å²) >= 11 is 0. The lowest BCUT2D eigenvalue weighted by molar-refractivity contribution is 0.136. The van der Waals surface area contributed by atoms with Gasteiger partial charge in [0.2, 0.25) is 0 Å². The van der Waals surface area contributed by atoms with Gasteiger partial charge < -0.3 is 10.5 Å². The third kappa shape index (κ3) is 3.07. The van der Waals surface area contributed by atoms with Gasteiger partial charge in [0, 0.05) is 24.1 Å². The number of hydrogen-bond donors (Lipinski definition) is 1. The highest BCUT2D eigenvalue weighted by atomic mass is 16.5. The SMILES string of the molecule is CCOCCn1cc(-c2cccc(N)c2)cn1. The maximum Gasteiger partial charge on any atom is 0.0662 e. The van der Waals surface area contributed by atoms with E-state index in [1.54, 1.807) is 0 Å². The highest BCUT2D eigenvalue weighted by molar-refractivity contribution is 5.65. The number of nitrogens with zero attached hydrogens (tertiary/aromatic N) is 2. The number of anilines is 1. The van der Waals surface area contributed by atoms with Crippen molar-refractivity contribution in [1.82, 2.24) is 9.78 Å². The molecule has 0 saturated heterocycles. The molecule has 0 aliphatic heterocycles. The van der Waals surface area contributed by atoms with E-state index in [0.29, 0.717) is 6.61 Å². The molecule has 0 saturated carbocycles. The first kappa shape index (κ1) is 11.7.